The first-order valence-corrected chi connectivity index (χ1v) is 4.97. The number of aromatic hydroxyl groups is 2. The van der Waals surface area contributed by atoms with Crippen molar-refractivity contribution in [1.82, 2.24) is 5.32 Å². The molecule has 84 valence electrons. The molecule has 1 rings (SSSR count). The second-order valence-corrected chi connectivity index (χ2v) is 3.47. The van der Waals surface area contributed by atoms with E-state index < -0.39 is 6.10 Å². The van der Waals surface area contributed by atoms with Crippen LogP contribution in [-0.2, 0) is 6.42 Å². The second-order valence-electron chi connectivity index (χ2n) is 3.47. The molecule has 0 amide bonds. The number of benzene rings is 1. The molecule has 1 aromatic rings. The summed E-state index contributed by atoms with van der Waals surface area (Å²) in [6.45, 7) is 2.27. The van der Waals surface area contributed by atoms with Gasteiger partial charge >= 0.3 is 0 Å². The van der Waals surface area contributed by atoms with Gasteiger partial charge in [-0.2, -0.15) is 0 Å². The van der Waals surface area contributed by atoms with Gasteiger partial charge in [0.15, 0.2) is 0 Å². The van der Waals surface area contributed by atoms with Gasteiger partial charge in [-0.1, -0.05) is 6.92 Å². The largest absolute Gasteiger partial charge is 0.508 e. The molecule has 0 radical (unpaired) electrons. The van der Waals surface area contributed by atoms with Crippen molar-refractivity contribution in [1.29, 1.82) is 0 Å². The smallest absolute Gasteiger partial charge is 0.125 e. The molecule has 0 aliphatic carbocycles. The fraction of sp³-hybridized carbons (Fsp3) is 0.455. The number of likely N-dealkylation sites (N-methyl/N-ethyl adjacent to an activating group) is 1. The molecular weight excluding hydrogens is 194 g/mol. The molecule has 0 heterocycles. The van der Waals surface area contributed by atoms with Crippen LogP contribution in [0.2, 0.25) is 0 Å². The normalized spacial score (nSPS) is 12.7. The predicted octanol–water partition coefficient (Wildman–Crippen LogP) is 0.913. The summed E-state index contributed by atoms with van der Waals surface area (Å²) >= 11 is 0. The van der Waals surface area contributed by atoms with Crippen LogP contribution < -0.4 is 5.32 Å². The van der Waals surface area contributed by atoms with Crippen LogP contribution in [0.5, 0.6) is 11.5 Å². The van der Waals surface area contributed by atoms with Gasteiger partial charge in [0, 0.05) is 18.2 Å². The molecule has 15 heavy (non-hydrogen) atoms. The number of aliphatic hydroxyl groups is 1. The maximum Gasteiger partial charge on any atom is 0.125 e. The molecule has 0 saturated heterocycles. The third kappa shape index (κ3) is 2.61. The molecular formula is C11H17NO3. The number of aliphatic hydroxyl groups excluding tert-OH is 1. The molecule has 0 spiro atoms. The van der Waals surface area contributed by atoms with Crippen LogP contribution in [0.15, 0.2) is 12.1 Å². The van der Waals surface area contributed by atoms with Gasteiger partial charge in [0.1, 0.15) is 11.5 Å². The molecule has 0 aliphatic heterocycles. The molecule has 1 unspecified atom stereocenters. The third-order valence-electron chi connectivity index (χ3n) is 2.37. The maximum absolute atomic E-state index is 9.71. The van der Waals surface area contributed by atoms with Gasteiger partial charge in [-0.25, -0.2) is 0 Å². The van der Waals surface area contributed by atoms with Gasteiger partial charge in [-0.05, 0) is 25.1 Å². The minimum atomic E-state index is -0.763. The van der Waals surface area contributed by atoms with Crippen molar-refractivity contribution < 1.29 is 15.3 Å². The lowest BCUT2D eigenvalue weighted by molar-refractivity contribution is 0.173. The van der Waals surface area contributed by atoms with Crippen molar-refractivity contribution in [3.8, 4) is 11.5 Å². The van der Waals surface area contributed by atoms with Crippen molar-refractivity contribution in [2.24, 2.45) is 0 Å². The first-order chi connectivity index (χ1) is 7.10. The standard InChI is InChI=1S/C11H17NO3/c1-3-7-4-8(11(15)6-12-2)10(14)5-9(7)13/h4-5,11-15H,3,6H2,1-2H3. The van der Waals surface area contributed by atoms with E-state index in [2.05, 4.69) is 5.32 Å². The highest BCUT2D eigenvalue weighted by Crippen LogP contribution is 2.31. The summed E-state index contributed by atoms with van der Waals surface area (Å²) in [6.07, 6.45) is -0.105. The Labute approximate surface area is 89.2 Å². The lowest BCUT2D eigenvalue weighted by Crippen LogP contribution is -2.16. The minimum absolute atomic E-state index is 0.0652. The number of nitrogens with one attached hydrogen (secondary N) is 1. The lowest BCUT2D eigenvalue weighted by atomic mass is 10.0. The van der Waals surface area contributed by atoms with E-state index in [-0.39, 0.29) is 11.5 Å². The Morgan fingerprint density at radius 1 is 1.27 bits per heavy atom. The summed E-state index contributed by atoms with van der Waals surface area (Å²) in [5.41, 5.74) is 1.16. The highest BCUT2D eigenvalue weighted by atomic mass is 16.3. The highest BCUT2D eigenvalue weighted by Gasteiger charge is 2.14. The highest BCUT2D eigenvalue weighted by molar-refractivity contribution is 5.46. The Bertz CT molecular complexity index is 339. The molecule has 1 atom stereocenters. The van der Waals surface area contributed by atoms with E-state index in [9.17, 15) is 15.3 Å². The summed E-state index contributed by atoms with van der Waals surface area (Å²) in [5, 5.41) is 31.6. The zero-order valence-electron chi connectivity index (χ0n) is 8.99. The van der Waals surface area contributed by atoms with Crippen LogP contribution in [0.4, 0.5) is 0 Å². The summed E-state index contributed by atoms with van der Waals surface area (Å²) in [6, 6.07) is 2.90. The monoisotopic (exact) mass is 211 g/mol. The molecule has 4 heteroatoms. The predicted molar refractivity (Wildman–Crippen MR) is 58.0 cm³/mol. The van der Waals surface area contributed by atoms with Crippen molar-refractivity contribution in [3.63, 3.8) is 0 Å². The van der Waals surface area contributed by atoms with Crippen LogP contribution in [0.3, 0.4) is 0 Å². The van der Waals surface area contributed by atoms with E-state index in [1.807, 2.05) is 6.92 Å². The van der Waals surface area contributed by atoms with Gasteiger partial charge in [-0.3, -0.25) is 0 Å². The van der Waals surface area contributed by atoms with Gasteiger partial charge in [0.2, 0.25) is 0 Å². The zero-order valence-corrected chi connectivity index (χ0v) is 8.99. The molecule has 0 fully saturated rings. The van der Waals surface area contributed by atoms with Crippen LogP contribution in [-0.4, -0.2) is 28.9 Å². The second kappa shape index (κ2) is 5.00. The third-order valence-corrected chi connectivity index (χ3v) is 2.37. The van der Waals surface area contributed by atoms with E-state index in [0.29, 0.717) is 18.5 Å². The Kier molecular flexibility index (Phi) is 3.94. The Hall–Kier alpha value is -1.26. The molecule has 0 aromatic heterocycles. The average Bonchev–Trinajstić information content (AvgIpc) is 2.18. The Morgan fingerprint density at radius 3 is 2.47 bits per heavy atom. The fourth-order valence-corrected chi connectivity index (χ4v) is 1.49. The summed E-state index contributed by atoms with van der Waals surface area (Å²) in [7, 11) is 1.72. The Balaban J connectivity index is 3.06. The van der Waals surface area contributed by atoms with Crippen LogP contribution >= 0.6 is 0 Å². The van der Waals surface area contributed by atoms with Gasteiger partial charge < -0.3 is 20.6 Å². The van der Waals surface area contributed by atoms with E-state index >= 15 is 0 Å². The van der Waals surface area contributed by atoms with Crippen LogP contribution in [0.1, 0.15) is 24.2 Å². The van der Waals surface area contributed by atoms with Gasteiger partial charge in [0.05, 0.1) is 6.10 Å². The zero-order chi connectivity index (χ0) is 11.4. The molecule has 1 aromatic carbocycles. The van der Waals surface area contributed by atoms with Gasteiger partial charge in [-0.15, -0.1) is 0 Å². The lowest BCUT2D eigenvalue weighted by Gasteiger charge is -2.14. The van der Waals surface area contributed by atoms with Crippen LogP contribution in [0.25, 0.3) is 0 Å². The maximum atomic E-state index is 9.71. The number of phenolic OH excluding ortho intramolecular Hbond substituents is 2. The minimum Gasteiger partial charge on any atom is -0.508 e. The summed E-state index contributed by atoms with van der Waals surface area (Å²) in [4.78, 5) is 0. The average molecular weight is 211 g/mol. The number of aryl methyl sites for hydroxylation is 1. The van der Waals surface area contributed by atoms with E-state index in [1.165, 1.54) is 6.07 Å². The SMILES string of the molecule is CCc1cc(C(O)CNC)c(O)cc1O. The van der Waals surface area contributed by atoms with Gasteiger partial charge in [0.25, 0.3) is 0 Å². The van der Waals surface area contributed by atoms with Crippen molar-refractivity contribution in [2.45, 2.75) is 19.4 Å². The first-order valence-electron chi connectivity index (χ1n) is 4.97. The molecule has 0 bridgehead atoms. The summed E-state index contributed by atoms with van der Waals surface area (Å²) < 4.78 is 0. The first kappa shape index (κ1) is 11.8. The fourth-order valence-electron chi connectivity index (χ4n) is 1.49. The van der Waals surface area contributed by atoms with E-state index in [4.69, 9.17) is 0 Å². The van der Waals surface area contributed by atoms with Crippen molar-refractivity contribution >= 4 is 0 Å². The molecule has 4 nitrogen and oxygen atoms in total. The van der Waals surface area contributed by atoms with E-state index in [1.54, 1.807) is 13.1 Å². The number of rotatable bonds is 4. The molecule has 4 N–H and O–H groups in total. The quantitative estimate of drug-likeness (QED) is 0.597. The van der Waals surface area contributed by atoms with Crippen molar-refractivity contribution in [3.05, 3.63) is 23.3 Å². The topological polar surface area (TPSA) is 72.7 Å². The number of phenols is 2. The summed E-state index contributed by atoms with van der Waals surface area (Å²) in [5.74, 6) is -0.0112. The Morgan fingerprint density at radius 2 is 1.93 bits per heavy atom. The molecule has 0 aliphatic rings. The number of hydrogen-bond acceptors (Lipinski definition) is 4. The number of hydrogen-bond donors (Lipinski definition) is 4. The van der Waals surface area contributed by atoms with Crippen molar-refractivity contribution in [2.75, 3.05) is 13.6 Å². The van der Waals surface area contributed by atoms with Crippen LogP contribution in [0, 0.1) is 0 Å². The molecule has 0 saturated carbocycles. The van der Waals surface area contributed by atoms with E-state index in [0.717, 1.165) is 5.56 Å².